The SMILES string of the molecule is CCCCCCCCCCOC(CSCCCCCCCCCCCCOCCCCC)CP(=O)(O)O. The standard InChI is InChI=1S/C30H63O5PS/c1-3-5-7-8-9-15-18-22-26-35-30(28-36(31,32)33)29-37-27-23-19-16-13-11-10-12-14-17-21-25-34-24-20-6-4-2/h30H,3-29H2,1-2H3,(H2,31,32,33). The van der Waals surface area contributed by atoms with Crippen LogP contribution in [0.1, 0.15) is 149 Å². The van der Waals surface area contributed by atoms with Crippen LogP contribution in [0.15, 0.2) is 0 Å². The molecule has 0 saturated carbocycles. The predicted octanol–water partition coefficient (Wildman–Crippen LogP) is 9.53. The Kier molecular flexibility index (Phi) is 29.7. The van der Waals surface area contributed by atoms with Crippen molar-refractivity contribution in [2.24, 2.45) is 0 Å². The third-order valence-corrected chi connectivity index (χ3v) is 8.88. The van der Waals surface area contributed by atoms with Crippen LogP contribution in [0.25, 0.3) is 0 Å². The van der Waals surface area contributed by atoms with Crippen molar-refractivity contribution >= 4 is 19.4 Å². The first-order chi connectivity index (χ1) is 18.0. The second kappa shape index (κ2) is 29.4. The number of unbranched alkanes of at least 4 members (excludes halogenated alkanes) is 18. The van der Waals surface area contributed by atoms with Gasteiger partial charge < -0.3 is 19.3 Å². The van der Waals surface area contributed by atoms with Crippen LogP contribution in [0.5, 0.6) is 0 Å². The molecule has 0 aliphatic heterocycles. The second-order valence-electron chi connectivity index (χ2n) is 10.7. The second-order valence-corrected chi connectivity index (χ2v) is 13.6. The highest BCUT2D eigenvalue weighted by atomic mass is 32.2. The van der Waals surface area contributed by atoms with Crippen LogP contribution in [-0.2, 0) is 14.0 Å². The molecule has 7 heteroatoms. The minimum Gasteiger partial charge on any atom is -0.381 e. The molecule has 5 nitrogen and oxygen atoms in total. The summed E-state index contributed by atoms with van der Waals surface area (Å²) in [6, 6.07) is 0. The van der Waals surface area contributed by atoms with Gasteiger partial charge in [-0.3, -0.25) is 4.57 Å². The van der Waals surface area contributed by atoms with Gasteiger partial charge in [-0.05, 0) is 31.4 Å². The third kappa shape index (κ3) is 32.5. The van der Waals surface area contributed by atoms with Crippen LogP contribution < -0.4 is 0 Å². The molecular weight excluding hydrogens is 503 g/mol. The lowest BCUT2D eigenvalue weighted by Crippen LogP contribution is -2.22. The topological polar surface area (TPSA) is 76.0 Å². The fraction of sp³-hybridized carbons (Fsp3) is 1.00. The molecule has 0 fully saturated rings. The molecule has 1 atom stereocenters. The fourth-order valence-electron chi connectivity index (χ4n) is 4.50. The van der Waals surface area contributed by atoms with Gasteiger partial charge in [0.05, 0.1) is 12.3 Å². The van der Waals surface area contributed by atoms with Crippen molar-refractivity contribution in [3.05, 3.63) is 0 Å². The Balaban J connectivity index is 3.55. The normalized spacial score (nSPS) is 12.9. The lowest BCUT2D eigenvalue weighted by Gasteiger charge is -2.18. The van der Waals surface area contributed by atoms with Gasteiger partial charge in [-0.2, -0.15) is 11.8 Å². The average Bonchev–Trinajstić information content (AvgIpc) is 2.86. The summed E-state index contributed by atoms with van der Waals surface area (Å²) in [6.45, 7) is 6.96. The minimum absolute atomic E-state index is 0.150. The zero-order chi connectivity index (χ0) is 27.3. The Morgan fingerprint density at radius 3 is 1.51 bits per heavy atom. The smallest absolute Gasteiger partial charge is 0.328 e. The first kappa shape index (κ1) is 37.4. The van der Waals surface area contributed by atoms with E-state index in [2.05, 4.69) is 13.8 Å². The highest BCUT2D eigenvalue weighted by Crippen LogP contribution is 2.36. The Hall–Kier alpha value is 0.420. The van der Waals surface area contributed by atoms with Crippen molar-refractivity contribution in [2.75, 3.05) is 37.5 Å². The van der Waals surface area contributed by atoms with E-state index in [1.165, 1.54) is 122 Å². The summed E-state index contributed by atoms with van der Waals surface area (Å²) in [4.78, 5) is 18.8. The maximum Gasteiger partial charge on any atom is 0.328 e. The van der Waals surface area contributed by atoms with E-state index in [9.17, 15) is 14.4 Å². The van der Waals surface area contributed by atoms with Crippen molar-refractivity contribution in [1.29, 1.82) is 0 Å². The molecule has 0 aromatic heterocycles. The molecule has 0 bridgehead atoms. The molecule has 0 heterocycles. The van der Waals surface area contributed by atoms with Crippen molar-refractivity contribution in [2.45, 2.75) is 155 Å². The molecule has 2 N–H and O–H groups in total. The summed E-state index contributed by atoms with van der Waals surface area (Å²) in [5, 5.41) is 0. The summed E-state index contributed by atoms with van der Waals surface area (Å²) >= 11 is 1.79. The van der Waals surface area contributed by atoms with Crippen molar-refractivity contribution in [3.8, 4) is 0 Å². The lowest BCUT2D eigenvalue weighted by atomic mass is 10.1. The van der Waals surface area contributed by atoms with E-state index < -0.39 is 7.60 Å². The molecule has 0 radical (unpaired) electrons. The van der Waals surface area contributed by atoms with Crippen LogP contribution in [0.3, 0.4) is 0 Å². The average molecular weight is 567 g/mol. The molecule has 0 saturated heterocycles. The van der Waals surface area contributed by atoms with Gasteiger partial charge in [-0.15, -0.1) is 0 Å². The highest BCUT2D eigenvalue weighted by molar-refractivity contribution is 7.99. The molecule has 0 aliphatic carbocycles. The van der Waals surface area contributed by atoms with Crippen LogP contribution >= 0.6 is 19.4 Å². The first-order valence-electron chi connectivity index (χ1n) is 15.8. The summed E-state index contributed by atoms with van der Waals surface area (Å²) in [7, 11) is -4.04. The largest absolute Gasteiger partial charge is 0.381 e. The van der Waals surface area contributed by atoms with E-state index >= 15 is 0 Å². The quantitative estimate of drug-likeness (QED) is 0.0643. The molecule has 0 spiro atoms. The van der Waals surface area contributed by atoms with Gasteiger partial charge >= 0.3 is 7.60 Å². The first-order valence-corrected chi connectivity index (χ1v) is 18.8. The van der Waals surface area contributed by atoms with Crippen molar-refractivity contribution < 1.29 is 23.8 Å². The third-order valence-electron chi connectivity index (χ3n) is 6.82. The Bertz CT molecular complexity index is 489. The molecule has 0 amide bonds. The lowest BCUT2D eigenvalue weighted by molar-refractivity contribution is 0.0774. The summed E-state index contributed by atoms with van der Waals surface area (Å²) in [5.41, 5.74) is 0. The van der Waals surface area contributed by atoms with Gasteiger partial charge in [0.15, 0.2) is 0 Å². The Labute approximate surface area is 235 Å². The summed E-state index contributed by atoms with van der Waals surface area (Å²) < 4.78 is 23.0. The fourth-order valence-corrected chi connectivity index (χ4v) is 6.49. The molecule has 37 heavy (non-hydrogen) atoms. The molecule has 0 aliphatic rings. The molecular formula is C30H63O5PS. The zero-order valence-electron chi connectivity index (χ0n) is 24.6. The molecule has 224 valence electrons. The summed E-state index contributed by atoms with van der Waals surface area (Å²) in [6.07, 6.45) is 26.2. The van der Waals surface area contributed by atoms with Gasteiger partial charge in [0.1, 0.15) is 0 Å². The number of rotatable bonds is 31. The minimum atomic E-state index is -4.04. The van der Waals surface area contributed by atoms with Gasteiger partial charge in [0.2, 0.25) is 0 Å². The molecule has 0 rings (SSSR count). The van der Waals surface area contributed by atoms with Gasteiger partial charge in [0.25, 0.3) is 0 Å². The van der Waals surface area contributed by atoms with E-state index in [0.29, 0.717) is 12.4 Å². The van der Waals surface area contributed by atoms with E-state index in [-0.39, 0.29) is 12.3 Å². The van der Waals surface area contributed by atoms with Crippen molar-refractivity contribution in [1.82, 2.24) is 0 Å². The Morgan fingerprint density at radius 2 is 1.00 bits per heavy atom. The van der Waals surface area contributed by atoms with Gasteiger partial charge in [0, 0.05) is 25.6 Å². The summed E-state index contributed by atoms with van der Waals surface area (Å²) in [5.74, 6) is 1.74. The molecule has 0 aromatic rings. The predicted molar refractivity (Wildman–Crippen MR) is 163 cm³/mol. The van der Waals surface area contributed by atoms with Crippen LogP contribution in [0.2, 0.25) is 0 Å². The van der Waals surface area contributed by atoms with Crippen LogP contribution in [0.4, 0.5) is 0 Å². The zero-order valence-corrected chi connectivity index (χ0v) is 26.4. The van der Waals surface area contributed by atoms with E-state index in [1.54, 1.807) is 11.8 Å². The van der Waals surface area contributed by atoms with Gasteiger partial charge in [-0.25, -0.2) is 0 Å². The highest BCUT2D eigenvalue weighted by Gasteiger charge is 2.22. The number of hydrogen-bond acceptors (Lipinski definition) is 4. The Morgan fingerprint density at radius 1 is 0.595 bits per heavy atom. The molecule has 1 unspecified atom stereocenters. The maximum atomic E-state index is 11.5. The number of hydrogen-bond donors (Lipinski definition) is 2. The van der Waals surface area contributed by atoms with Gasteiger partial charge in [-0.1, -0.05) is 123 Å². The number of thioether (sulfide) groups is 1. The molecule has 0 aromatic carbocycles. The number of ether oxygens (including phenoxy) is 2. The van der Waals surface area contributed by atoms with E-state index in [1.807, 2.05) is 0 Å². The van der Waals surface area contributed by atoms with Crippen LogP contribution in [0, 0.1) is 0 Å². The maximum absolute atomic E-state index is 11.5. The monoisotopic (exact) mass is 566 g/mol. The van der Waals surface area contributed by atoms with E-state index in [0.717, 1.165) is 31.8 Å². The van der Waals surface area contributed by atoms with Crippen molar-refractivity contribution in [3.63, 3.8) is 0 Å². The van der Waals surface area contributed by atoms with Crippen LogP contribution in [-0.4, -0.2) is 53.4 Å². The van der Waals surface area contributed by atoms with E-state index in [4.69, 9.17) is 9.47 Å².